The third-order valence-corrected chi connectivity index (χ3v) is 6.01. The van der Waals surface area contributed by atoms with E-state index < -0.39 is 12.5 Å². The molecule has 1 aromatic carbocycles. The van der Waals surface area contributed by atoms with Crippen molar-refractivity contribution in [3.63, 3.8) is 0 Å². The zero-order chi connectivity index (χ0) is 19.2. The summed E-state index contributed by atoms with van der Waals surface area (Å²) >= 11 is 0. The molecular formula is C19H25N3O5. The van der Waals surface area contributed by atoms with Crippen molar-refractivity contribution in [2.75, 3.05) is 38.2 Å². The number of alkyl carbamates (subject to hydrolysis) is 1. The van der Waals surface area contributed by atoms with Crippen LogP contribution < -0.4 is 10.2 Å². The number of amides is 2. The van der Waals surface area contributed by atoms with Gasteiger partial charge in [-0.25, -0.2) is 4.79 Å². The first kappa shape index (κ1) is 18.1. The standard InChI is InChI=1S/C19H25N3O5/c1-12(23)21-9-14-7-19(14,11-21)13-3-5-15(6-4-13)22-10-16(27-18(22)25)8-20-17(24)26-2/h3-6,14,16,18,25H,7-11H2,1-2H3,(H,20,24). The molecule has 0 aromatic heterocycles. The van der Waals surface area contributed by atoms with Crippen molar-refractivity contribution in [1.82, 2.24) is 10.2 Å². The largest absolute Gasteiger partial charge is 0.453 e. The molecule has 1 aliphatic carbocycles. The van der Waals surface area contributed by atoms with Crippen LogP contribution in [-0.4, -0.2) is 67.8 Å². The van der Waals surface area contributed by atoms with Gasteiger partial charge in [0.25, 0.3) is 0 Å². The molecule has 2 heterocycles. The number of carbonyl (C=O) groups is 2. The Morgan fingerprint density at radius 1 is 1.33 bits per heavy atom. The number of aliphatic hydroxyl groups is 1. The fraction of sp³-hybridized carbons (Fsp3) is 0.579. The Bertz CT molecular complexity index is 739. The fourth-order valence-electron chi connectivity index (χ4n) is 4.37. The van der Waals surface area contributed by atoms with E-state index >= 15 is 0 Å². The number of nitrogens with zero attached hydrogens (tertiary/aromatic N) is 2. The Hall–Kier alpha value is -2.32. The summed E-state index contributed by atoms with van der Waals surface area (Å²) in [5, 5.41) is 12.8. The molecule has 4 unspecified atom stereocenters. The Kier molecular flexibility index (Phi) is 4.47. The summed E-state index contributed by atoms with van der Waals surface area (Å²) in [7, 11) is 1.30. The number of carbonyl (C=O) groups excluding carboxylic acids is 2. The molecule has 3 aliphatic rings. The Morgan fingerprint density at radius 3 is 2.70 bits per heavy atom. The Morgan fingerprint density at radius 2 is 2.07 bits per heavy atom. The van der Waals surface area contributed by atoms with Crippen LogP contribution in [0.2, 0.25) is 0 Å². The number of piperidine rings is 1. The zero-order valence-corrected chi connectivity index (χ0v) is 15.6. The van der Waals surface area contributed by atoms with E-state index in [-0.39, 0.29) is 24.0 Å². The average Bonchev–Trinajstić information content (AvgIpc) is 3.03. The number of rotatable bonds is 4. The first-order valence-corrected chi connectivity index (χ1v) is 9.21. The molecule has 8 heteroatoms. The minimum atomic E-state index is -1.05. The van der Waals surface area contributed by atoms with Crippen LogP contribution in [0.15, 0.2) is 24.3 Å². The molecule has 4 rings (SSSR count). The highest BCUT2D eigenvalue weighted by molar-refractivity contribution is 5.74. The highest BCUT2D eigenvalue weighted by Gasteiger charge is 2.61. The van der Waals surface area contributed by atoms with E-state index in [9.17, 15) is 14.7 Å². The highest BCUT2D eigenvalue weighted by Crippen LogP contribution is 2.59. The van der Waals surface area contributed by atoms with Crippen LogP contribution in [0.25, 0.3) is 0 Å². The molecule has 146 valence electrons. The number of aliphatic hydroxyl groups excluding tert-OH is 1. The van der Waals surface area contributed by atoms with E-state index in [1.54, 1.807) is 11.8 Å². The van der Waals surface area contributed by atoms with Gasteiger partial charge in [0.1, 0.15) is 0 Å². The number of hydrogen-bond donors (Lipinski definition) is 2. The monoisotopic (exact) mass is 375 g/mol. The maximum absolute atomic E-state index is 11.6. The third kappa shape index (κ3) is 3.23. The summed E-state index contributed by atoms with van der Waals surface area (Å²) in [5.41, 5.74) is 2.22. The van der Waals surface area contributed by atoms with Crippen molar-refractivity contribution in [3.05, 3.63) is 29.8 Å². The van der Waals surface area contributed by atoms with E-state index in [1.807, 2.05) is 17.0 Å². The third-order valence-electron chi connectivity index (χ3n) is 6.01. The van der Waals surface area contributed by atoms with Crippen LogP contribution in [0.1, 0.15) is 18.9 Å². The maximum atomic E-state index is 11.6. The van der Waals surface area contributed by atoms with Gasteiger partial charge in [-0.2, -0.15) is 0 Å². The summed E-state index contributed by atoms with van der Waals surface area (Å²) < 4.78 is 10.0. The smallest absolute Gasteiger partial charge is 0.406 e. The fourth-order valence-corrected chi connectivity index (χ4v) is 4.37. The summed E-state index contributed by atoms with van der Waals surface area (Å²) in [4.78, 5) is 26.5. The van der Waals surface area contributed by atoms with Gasteiger partial charge in [-0.1, -0.05) is 12.1 Å². The van der Waals surface area contributed by atoms with Crippen LogP contribution in [0.3, 0.4) is 0 Å². The van der Waals surface area contributed by atoms with E-state index in [0.717, 1.165) is 25.2 Å². The van der Waals surface area contributed by atoms with Gasteiger partial charge >= 0.3 is 6.09 Å². The van der Waals surface area contributed by atoms with Gasteiger partial charge in [0.2, 0.25) is 12.3 Å². The predicted octanol–water partition coefficient (Wildman–Crippen LogP) is 0.643. The van der Waals surface area contributed by atoms with Crippen molar-refractivity contribution in [3.8, 4) is 0 Å². The summed E-state index contributed by atoms with van der Waals surface area (Å²) in [6, 6.07) is 8.15. The lowest BCUT2D eigenvalue weighted by molar-refractivity contribution is -0.128. The number of hydrogen-bond acceptors (Lipinski definition) is 6. The van der Waals surface area contributed by atoms with Crippen molar-refractivity contribution in [2.45, 2.75) is 31.3 Å². The Labute approximate surface area is 158 Å². The van der Waals surface area contributed by atoms with Gasteiger partial charge < -0.3 is 29.7 Å². The molecule has 0 radical (unpaired) electrons. The van der Waals surface area contributed by atoms with Gasteiger partial charge in [-0.15, -0.1) is 0 Å². The van der Waals surface area contributed by atoms with Gasteiger partial charge in [-0.05, 0) is 30.0 Å². The topological polar surface area (TPSA) is 91.3 Å². The van der Waals surface area contributed by atoms with E-state index in [2.05, 4.69) is 22.2 Å². The summed E-state index contributed by atoms with van der Waals surface area (Å²) in [6.07, 6.45) is -0.756. The van der Waals surface area contributed by atoms with E-state index in [1.165, 1.54) is 12.7 Å². The number of anilines is 1. The number of likely N-dealkylation sites (tertiary alicyclic amines) is 1. The quantitative estimate of drug-likeness (QED) is 0.803. The van der Waals surface area contributed by atoms with Crippen molar-refractivity contribution in [1.29, 1.82) is 0 Å². The Balaban J connectivity index is 1.40. The van der Waals surface area contributed by atoms with Gasteiger partial charge in [0.15, 0.2) is 0 Å². The van der Waals surface area contributed by atoms with Crippen LogP contribution in [0, 0.1) is 5.92 Å². The lowest BCUT2D eigenvalue weighted by atomic mass is 9.94. The SMILES string of the molecule is COC(=O)NCC1CN(c2ccc(C34CC3CN(C(C)=O)C4)cc2)C(O)O1. The predicted molar refractivity (Wildman–Crippen MR) is 97.1 cm³/mol. The molecule has 8 nitrogen and oxygen atoms in total. The molecule has 0 spiro atoms. The lowest BCUT2D eigenvalue weighted by Gasteiger charge is -2.23. The molecule has 27 heavy (non-hydrogen) atoms. The number of nitrogens with one attached hydrogen (secondary N) is 1. The second-order valence-electron chi connectivity index (χ2n) is 7.61. The van der Waals surface area contributed by atoms with Gasteiger partial charge in [-0.3, -0.25) is 4.79 Å². The number of methoxy groups -OCH3 is 1. The summed E-state index contributed by atoms with van der Waals surface area (Å²) in [5.74, 6) is 0.698. The molecule has 0 bridgehead atoms. The van der Waals surface area contributed by atoms with Crippen LogP contribution in [0.5, 0.6) is 0 Å². The normalized spacial score (nSPS) is 31.6. The lowest BCUT2D eigenvalue weighted by Crippen LogP contribution is -2.34. The maximum Gasteiger partial charge on any atom is 0.406 e. The second kappa shape index (κ2) is 6.69. The van der Waals surface area contributed by atoms with Crippen molar-refractivity contribution in [2.24, 2.45) is 5.92 Å². The number of ether oxygens (including phenoxy) is 2. The molecular weight excluding hydrogens is 350 g/mol. The second-order valence-corrected chi connectivity index (χ2v) is 7.61. The molecule has 2 aliphatic heterocycles. The van der Waals surface area contributed by atoms with E-state index in [4.69, 9.17) is 4.74 Å². The summed E-state index contributed by atoms with van der Waals surface area (Å²) in [6.45, 7) is 4.01. The van der Waals surface area contributed by atoms with Gasteiger partial charge in [0.05, 0.1) is 19.8 Å². The molecule has 2 amide bonds. The first-order chi connectivity index (χ1) is 12.9. The zero-order valence-electron chi connectivity index (χ0n) is 15.6. The molecule has 4 atom stereocenters. The minimum Gasteiger partial charge on any atom is -0.453 e. The molecule has 2 N–H and O–H groups in total. The molecule has 1 saturated carbocycles. The van der Waals surface area contributed by atoms with Crippen molar-refractivity contribution >= 4 is 17.7 Å². The number of fused-ring (bicyclic) bond motifs is 1. The molecule has 1 aromatic rings. The van der Waals surface area contributed by atoms with Crippen LogP contribution >= 0.6 is 0 Å². The number of benzene rings is 1. The average molecular weight is 375 g/mol. The first-order valence-electron chi connectivity index (χ1n) is 9.21. The minimum absolute atomic E-state index is 0.108. The highest BCUT2D eigenvalue weighted by atomic mass is 16.6. The van der Waals surface area contributed by atoms with Gasteiger partial charge in [0, 0.05) is 37.7 Å². The van der Waals surface area contributed by atoms with Crippen LogP contribution in [-0.2, 0) is 19.7 Å². The van der Waals surface area contributed by atoms with Crippen molar-refractivity contribution < 1.29 is 24.2 Å². The van der Waals surface area contributed by atoms with Crippen LogP contribution in [0.4, 0.5) is 10.5 Å². The van der Waals surface area contributed by atoms with E-state index in [0.29, 0.717) is 12.5 Å². The molecule has 2 saturated heterocycles. The molecule has 3 fully saturated rings.